The van der Waals surface area contributed by atoms with Gasteiger partial charge in [-0.3, -0.25) is 0 Å². The lowest BCUT2D eigenvalue weighted by molar-refractivity contribution is 0.671. The molecule has 1 saturated heterocycles. The van der Waals surface area contributed by atoms with Crippen LogP contribution in [0.1, 0.15) is 44.6 Å². The number of benzene rings is 1. The molecule has 0 aliphatic carbocycles. The highest BCUT2D eigenvalue weighted by atomic mass is 15.1. The molecule has 0 saturated carbocycles. The molecule has 2 nitrogen and oxygen atoms in total. The van der Waals surface area contributed by atoms with E-state index >= 15 is 0 Å². The summed E-state index contributed by atoms with van der Waals surface area (Å²) in [6.45, 7) is 6.78. The van der Waals surface area contributed by atoms with Crippen molar-refractivity contribution >= 4 is 5.69 Å². The first-order valence-corrected chi connectivity index (χ1v) is 7.45. The summed E-state index contributed by atoms with van der Waals surface area (Å²) in [6, 6.07) is 8.88. The molecule has 0 amide bonds. The van der Waals surface area contributed by atoms with Gasteiger partial charge in [-0.25, -0.2) is 0 Å². The maximum absolute atomic E-state index is 3.52. The summed E-state index contributed by atoms with van der Waals surface area (Å²) in [6.07, 6.45) is 6.68. The van der Waals surface area contributed by atoms with Gasteiger partial charge in [-0.15, -0.1) is 0 Å². The Balaban J connectivity index is 2.05. The fourth-order valence-corrected chi connectivity index (χ4v) is 2.68. The van der Waals surface area contributed by atoms with Crippen molar-refractivity contribution in [2.24, 2.45) is 0 Å². The lowest BCUT2D eigenvalue weighted by Gasteiger charge is -2.25. The van der Waals surface area contributed by atoms with E-state index in [4.69, 9.17) is 0 Å². The largest absolute Gasteiger partial charge is 0.371 e. The Hall–Kier alpha value is -1.02. The predicted molar refractivity (Wildman–Crippen MR) is 79.1 cm³/mol. The Kier molecular flexibility index (Phi) is 5.53. The number of hydrogen-bond donors (Lipinski definition) is 1. The van der Waals surface area contributed by atoms with Crippen molar-refractivity contribution in [2.75, 3.05) is 24.5 Å². The zero-order valence-corrected chi connectivity index (χ0v) is 11.6. The van der Waals surface area contributed by atoms with Gasteiger partial charge < -0.3 is 10.2 Å². The molecule has 1 aliphatic rings. The molecule has 1 fully saturated rings. The number of nitrogens with one attached hydrogen (secondary N) is 1. The lowest BCUT2D eigenvalue weighted by atomic mass is 10.1. The van der Waals surface area contributed by atoms with E-state index in [-0.39, 0.29) is 0 Å². The van der Waals surface area contributed by atoms with Crippen LogP contribution in [-0.2, 0) is 6.54 Å². The van der Waals surface area contributed by atoms with Crippen molar-refractivity contribution in [3.63, 3.8) is 0 Å². The first kappa shape index (κ1) is 13.4. The van der Waals surface area contributed by atoms with E-state index in [0.717, 1.165) is 13.1 Å². The van der Waals surface area contributed by atoms with Crippen LogP contribution in [0.3, 0.4) is 0 Å². The molecule has 0 radical (unpaired) electrons. The number of nitrogens with zero attached hydrogens (tertiary/aromatic N) is 1. The van der Waals surface area contributed by atoms with Crippen molar-refractivity contribution in [1.29, 1.82) is 0 Å². The van der Waals surface area contributed by atoms with Crippen molar-refractivity contribution in [3.05, 3.63) is 29.8 Å². The normalized spacial score (nSPS) is 16.6. The molecule has 0 aromatic heterocycles. The molecule has 0 spiro atoms. The summed E-state index contributed by atoms with van der Waals surface area (Å²) in [5, 5.41) is 3.52. The molecule has 0 unspecified atom stereocenters. The Morgan fingerprint density at radius 1 is 1.06 bits per heavy atom. The van der Waals surface area contributed by atoms with E-state index < -0.39 is 0 Å². The molecule has 0 atom stereocenters. The molecule has 1 N–H and O–H groups in total. The smallest absolute Gasteiger partial charge is 0.0411 e. The average Bonchev–Trinajstić information content (AvgIpc) is 2.68. The van der Waals surface area contributed by atoms with Crippen molar-refractivity contribution in [3.8, 4) is 0 Å². The minimum absolute atomic E-state index is 1.00. The molecule has 1 heterocycles. The van der Waals surface area contributed by atoms with Gasteiger partial charge in [0.15, 0.2) is 0 Å². The van der Waals surface area contributed by atoms with Crippen LogP contribution in [-0.4, -0.2) is 19.6 Å². The topological polar surface area (TPSA) is 15.3 Å². The summed E-state index contributed by atoms with van der Waals surface area (Å²) < 4.78 is 0. The minimum Gasteiger partial charge on any atom is -0.371 e. The molecule has 100 valence electrons. The Morgan fingerprint density at radius 2 is 1.78 bits per heavy atom. The van der Waals surface area contributed by atoms with Crippen LogP contribution in [0.15, 0.2) is 24.3 Å². The van der Waals surface area contributed by atoms with Gasteiger partial charge in [-0.05, 0) is 37.4 Å². The molecular weight excluding hydrogens is 220 g/mol. The first-order valence-electron chi connectivity index (χ1n) is 7.45. The van der Waals surface area contributed by atoms with Gasteiger partial charge in [0.1, 0.15) is 0 Å². The van der Waals surface area contributed by atoms with Crippen LogP contribution < -0.4 is 10.2 Å². The first-order chi connectivity index (χ1) is 8.92. The third kappa shape index (κ3) is 3.74. The number of para-hydroxylation sites is 1. The third-order valence-corrected chi connectivity index (χ3v) is 3.68. The highest BCUT2D eigenvalue weighted by molar-refractivity contribution is 5.53. The van der Waals surface area contributed by atoms with E-state index in [2.05, 4.69) is 41.4 Å². The molecule has 1 aromatic carbocycles. The van der Waals surface area contributed by atoms with E-state index in [1.807, 2.05) is 0 Å². The number of hydrogen-bond acceptors (Lipinski definition) is 2. The fourth-order valence-electron chi connectivity index (χ4n) is 2.68. The maximum Gasteiger partial charge on any atom is 0.0411 e. The molecule has 0 bridgehead atoms. The molecule has 2 heteroatoms. The van der Waals surface area contributed by atoms with Crippen LogP contribution in [0, 0.1) is 0 Å². The second-order valence-electron chi connectivity index (χ2n) is 5.21. The molecule has 18 heavy (non-hydrogen) atoms. The lowest BCUT2D eigenvalue weighted by Crippen LogP contribution is -2.26. The standard InChI is InChI=1S/C16H26N2/c1-2-11-17-14-15-9-5-6-10-16(15)18-12-7-3-4-8-13-18/h5-6,9-10,17H,2-4,7-8,11-14H2,1H3. The van der Waals surface area contributed by atoms with E-state index in [9.17, 15) is 0 Å². The van der Waals surface area contributed by atoms with E-state index in [0.29, 0.717) is 0 Å². The van der Waals surface area contributed by atoms with Gasteiger partial charge in [0, 0.05) is 25.3 Å². The molecule has 1 aromatic rings. The predicted octanol–water partition coefficient (Wildman–Crippen LogP) is 3.57. The van der Waals surface area contributed by atoms with Crippen molar-refractivity contribution in [1.82, 2.24) is 5.32 Å². The Morgan fingerprint density at radius 3 is 2.50 bits per heavy atom. The highest BCUT2D eigenvalue weighted by Crippen LogP contribution is 2.23. The second-order valence-corrected chi connectivity index (χ2v) is 5.21. The van der Waals surface area contributed by atoms with Gasteiger partial charge in [0.05, 0.1) is 0 Å². The highest BCUT2D eigenvalue weighted by Gasteiger charge is 2.12. The van der Waals surface area contributed by atoms with Gasteiger partial charge in [0.2, 0.25) is 0 Å². The number of anilines is 1. The van der Waals surface area contributed by atoms with Gasteiger partial charge in [-0.2, -0.15) is 0 Å². The van der Waals surface area contributed by atoms with Crippen LogP contribution in [0.5, 0.6) is 0 Å². The summed E-state index contributed by atoms with van der Waals surface area (Å²) in [4.78, 5) is 2.58. The molecule has 2 rings (SSSR count). The average molecular weight is 246 g/mol. The second kappa shape index (κ2) is 7.42. The van der Waals surface area contributed by atoms with Gasteiger partial charge in [-0.1, -0.05) is 38.0 Å². The SMILES string of the molecule is CCCNCc1ccccc1N1CCCCCC1. The van der Waals surface area contributed by atoms with Crippen molar-refractivity contribution < 1.29 is 0 Å². The summed E-state index contributed by atoms with van der Waals surface area (Å²) >= 11 is 0. The van der Waals surface area contributed by atoms with Gasteiger partial charge >= 0.3 is 0 Å². The maximum atomic E-state index is 3.52. The van der Waals surface area contributed by atoms with Crippen LogP contribution in [0.25, 0.3) is 0 Å². The fraction of sp³-hybridized carbons (Fsp3) is 0.625. The summed E-state index contributed by atoms with van der Waals surface area (Å²) in [5.74, 6) is 0. The Labute approximate surface area is 111 Å². The summed E-state index contributed by atoms with van der Waals surface area (Å²) in [7, 11) is 0. The van der Waals surface area contributed by atoms with Crippen LogP contribution in [0.2, 0.25) is 0 Å². The molecular formula is C16H26N2. The van der Waals surface area contributed by atoms with E-state index in [1.165, 1.54) is 56.4 Å². The van der Waals surface area contributed by atoms with Crippen LogP contribution in [0.4, 0.5) is 5.69 Å². The van der Waals surface area contributed by atoms with E-state index in [1.54, 1.807) is 0 Å². The Bertz CT molecular complexity index is 341. The minimum atomic E-state index is 1.00. The monoisotopic (exact) mass is 246 g/mol. The quantitative estimate of drug-likeness (QED) is 0.799. The third-order valence-electron chi connectivity index (χ3n) is 3.68. The van der Waals surface area contributed by atoms with Crippen LogP contribution >= 0.6 is 0 Å². The summed E-state index contributed by atoms with van der Waals surface area (Å²) in [5.41, 5.74) is 2.90. The van der Waals surface area contributed by atoms with Gasteiger partial charge in [0.25, 0.3) is 0 Å². The number of rotatable bonds is 5. The zero-order valence-electron chi connectivity index (χ0n) is 11.6. The van der Waals surface area contributed by atoms with Crippen molar-refractivity contribution in [2.45, 2.75) is 45.6 Å². The zero-order chi connectivity index (χ0) is 12.6. The molecule has 1 aliphatic heterocycles.